The first-order chi connectivity index (χ1) is 5.84. The van der Waals surface area contributed by atoms with Gasteiger partial charge in [0.25, 0.3) is 0 Å². The predicted molar refractivity (Wildman–Crippen MR) is 63.6 cm³/mol. The third-order valence-electron chi connectivity index (χ3n) is 1.38. The monoisotopic (exact) mass is 267 g/mol. The normalized spacial score (nSPS) is 11.8. The summed E-state index contributed by atoms with van der Waals surface area (Å²) in [4.78, 5) is 11.3. The van der Waals surface area contributed by atoms with Crippen LogP contribution in [0.3, 0.4) is 0 Å². The highest BCUT2D eigenvalue weighted by atomic mass is 79.9. The number of nitrogens with one attached hydrogen (secondary N) is 1. The van der Waals surface area contributed by atoms with Crippen LogP contribution >= 0.6 is 27.7 Å². The van der Waals surface area contributed by atoms with Crippen molar-refractivity contribution in [3.8, 4) is 0 Å². The second kappa shape index (κ2) is 5.91. The van der Waals surface area contributed by atoms with Crippen molar-refractivity contribution in [1.82, 2.24) is 5.32 Å². The summed E-state index contributed by atoms with van der Waals surface area (Å²) in [5, 5.41) is 3.50. The lowest BCUT2D eigenvalue weighted by atomic mass is 10.2. The molecule has 2 nitrogen and oxygen atoms in total. The lowest BCUT2D eigenvalue weighted by Gasteiger charge is -2.15. The molecule has 1 amide bonds. The number of thioether (sulfide) groups is 1. The fourth-order valence-electron chi connectivity index (χ4n) is 0.669. The summed E-state index contributed by atoms with van der Waals surface area (Å²) in [5.74, 6) is 1.03. The van der Waals surface area contributed by atoms with Gasteiger partial charge < -0.3 is 5.32 Å². The topological polar surface area (TPSA) is 29.1 Å². The Morgan fingerprint density at radius 3 is 2.46 bits per heavy atom. The van der Waals surface area contributed by atoms with Crippen molar-refractivity contribution < 1.29 is 4.79 Å². The van der Waals surface area contributed by atoms with E-state index in [9.17, 15) is 4.79 Å². The van der Waals surface area contributed by atoms with Crippen LogP contribution in [-0.2, 0) is 4.79 Å². The molecule has 4 heteroatoms. The molecule has 0 fully saturated rings. The molecule has 0 radical (unpaired) electrons. The molecule has 0 atom stereocenters. The maximum Gasteiger partial charge on any atom is 0.236 e. The molecule has 0 spiro atoms. The van der Waals surface area contributed by atoms with E-state index < -0.39 is 4.32 Å². The number of halogens is 1. The van der Waals surface area contributed by atoms with Gasteiger partial charge in [0.05, 0.1) is 4.32 Å². The lowest BCUT2D eigenvalue weighted by molar-refractivity contribution is -0.122. The Balaban J connectivity index is 3.49. The predicted octanol–water partition coefficient (Wildman–Crippen LogP) is 2.42. The number of amides is 1. The van der Waals surface area contributed by atoms with E-state index in [4.69, 9.17) is 0 Å². The molecule has 0 bridgehead atoms. The maximum absolute atomic E-state index is 11.3. The van der Waals surface area contributed by atoms with Gasteiger partial charge in [-0.1, -0.05) is 29.8 Å². The molecular formula is C9H18BrNOS. The summed E-state index contributed by atoms with van der Waals surface area (Å²) < 4.78 is -0.449. The van der Waals surface area contributed by atoms with E-state index >= 15 is 0 Å². The molecule has 0 aromatic rings. The lowest BCUT2D eigenvalue weighted by Crippen LogP contribution is -2.38. The van der Waals surface area contributed by atoms with Crippen molar-refractivity contribution in [2.75, 3.05) is 12.3 Å². The molecule has 0 saturated heterocycles. The quantitative estimate of drug-likeness (QED) is 0.613. The van der Waals surface area contributed by atoms with Crippen LogP contribution in [0, 0.1) is 0 Å². The molecule has 0 heterocycles. The standard InChI is InChI=1S/C9H18BrNOS/c1-7(2)13-6-5-11-8(12)9(3,4)10/h7H,5-6H2,1-4H3,(H,11,12). The zero-order chi connectivity index (χ0) is 10.5. The number of carbonyl (C=O) groups is 1. The highest BCUT2D eigenvalue weighted by Gasteiger charge is 2.22. The van der Waals surface area contributed by atoms with Crippen molar-refractivity contribution in [3.05, 3.63) is 0 Å². The van der Waals surface area contributed by atoms with E-state index in [1.165, 1.54) is 0 Å². The second-order valence-corrected chi connectivity index (χ2v) is 7.31. The van der Waals surface area contributed by atoms with E-state index in [2.05, 4.69) is 35.1 Å². The van der Waals surface area contributed by atoms with Crippen LogP contribution in [0.5, 0.6) is 0 Å². The van der Waals surface area contributed by atoms with Crippen LogP contribution in [0.1, 0.15) is 27.7 Å². The maximum atomic E-state index is 11.3. The van der Waals surface area contributed by atoms with Gasteiger partial charge in [-0.25, -0.2) is 0 Å². The van der Waals surface area contributed by atoms with Crippen molar-refractivity contribution >= 4 is 33.6 Å². The molecule has 1 N–H and O–H groups in total. The summed E-state index contributed by atoms with van der Waals surface area (Å²) in [6.07, 6.45) is 0. The van der Waals surface area contributed by atoms with Crippen LogP contribution in [0.25, 0.3) is 0 Å². The SMILES string of the molecule is CC(C)SCCNC(=O)C(C)(C)Br. The van der Waals surface area contributed by atoms with Gasteiger partial charge in [-0.2, -0.15) is 11.8 Å². The summed E-state index contributed by atoms with van der Waals surface area (Å²) in [7, 11) is 0. The molecule has 0 aromatic carbocycles. The third-order valence-corrected chi connectivity index (χ3v) is 2.85. The fraction of sp³-hybridized carbons (Fsp3) is 0.889. The Hall–Kier alpha value is 0.300. The molecule has 0 aromatic heterocycles. The van der Waals surface area contributed by atoms with Crippen molar-refractivity contribution in [1.29, 1.82) is 0 Å². The first-order valence-electron chi connectivity index (χ1n) is 4.43. The zero-order valence-electron chi connectivity index (χ0n) is 8.69. The Labute approximate surface area is 93.4 Å². The number of hydrogen-bond acceptors (Lipinski definition) is 2. The van der Waals surface area contributed by atoms with E-state index in [1.807, 2.05) is 25.6 Å². The molecule has 0 aliphatic carbocycles. The van der Waals surface area contributed by atoms with Gasteiger partial charge >= 0.3 is 0 Å². The molecule has 0 saturated carbocycles. The van der Waals surface area contributed by atoms with E-state index in [1.54, 1.807) is 0 Å². The van der Waals surface area contributed by atoms with Gasteiger partial charge in [-0.15, -0.1) is 0 Å². The Morgan fingerprint density at radius 2 is 2.08 bits per heavy atom. The number of carbonyl (C=O) groups excluding carboxylic acids is 1. The first kappa shape index (κ1) is 13.3. The van der Waals surface area contributed by atoms with Crippen LogP contribution in [0.2, 0.25) is 0 Å². The highest BCUT2D eigenvalue weighted by molar-refractivity contribution is 9.10. The highest BCUT2D eigenvalue weighted by Crippen LogP contribution is 2.15. The van der Waals surface area contributed by atoms with Crippen LogP contribution in [0.4, 0.5) is 0 Å². The summed E-state index contributed by atoms with van der Waals surface area (Å²) >= 11 is 5.16. The second-order valence-electron chi connectivity index (χ2n) is 3.65. The smallest absolute Gasteiger partial charge is 0.236 e. The van der Waals surface area contributed by atoms with Gasteiger partial charge in [-0.05, 0) is 19.1 Å². The fourth-order valence-corrected chi connectivity index (χ4v) is 1.50. The van der Waals surface area contributed by atoms with Crippen LogP contribution in [-0.4, -0.2) is 27.8 Å². The third kappa shape index (κ3) is 7.38. The van der Waals surface area contributed by atoms with E-state index in [0.717, 1.165) is 12.3 Å². The summed E-state index contributed by atoms with van der Waals surface area (Å²) in [6.45, 7) is 8.74. The molecule has 0 unspecified atom stereocenters. The van der Waals surface area contributed by atoms with Gasteiger partial charge in [0, 0.05) is 12.3 Å². The number of hydrogen-bond donors (Lipinski definition) is 1. The van der Waals surface area contributed by atoms with E-state index in [-0.39, 0.29) is 5.91 Å². The van der Waals surface area contributed by atoms with Gasteiger partial charge in [0.1, 0.15) is 0 Å². The molecular weight excluding hydrogens is 250 g/mol. The van der Waals surface area contributed by atoms with Crippen molar-refractivity contribution in [2.24, 2.45) is 0 Å². The number of alkyl halides is 1. The molecule has 78 valence electrons. The zero-order valence-corrected chi connectivity index (χ0v) is 11.1. The summed E-state index contributed by atoms with van der Waals surface area (Å²) in [5.41, 5.74) is 0. The van der Waals surface area contributed by atoms with Crippen molar-refractivity contribution in [2.45, 2.75) is 37.3 Å². The van der Waals surface area contributed by atoms with Gasteiger partial charge in [-0.3, -0.25) is 4.79 Å². The minimum absolute atomic E-state index is 0.0526. The van der Waals surface area contributed by atoms with Crippen LogP contribution < -0.4 is 5.32 Å². The summed E-state index contributed by atoms with van der Waals surface area (Å²) in [6, 6.07) is 0. The molecule has 13 heavy (non-hydrogen) atoms. The van der Waals surface area contributed by atoms with Crippen molar-refractivity contribution in [3.63, 3.8) is 0 Å². The van der Waals surface area contributed by atoms with Gasteiger partial charge in [0.15, 0.2) is 0 Å². The van der Waals surface area contributed by atoms with Crippen LogP contribution in [0.15, 0.2) is 0 Å². The molecule has 0 rings (SSSR count). The molecule has 0 aliphatic heterocycles. The Bertz CT molecular complexity index is 165. The van der Waals surface area contributed by atoms with E-state index in [0.29, 0.717) is 5.25 Å². The van der Waals surface area contributed by atoms with Gasteiger partial charge in [0.2, 0.25) is 5.91 Å². The number of rotatable bonds is 5. The first-order valence-corrected chi connectivity index (χ1v) is 6.27. The Morgan fingerprint density at radius 1 is 1.54 bits per heavy atom. The average Bonchev–Trinajstić information content (AvgIpc) is 1.95. The minimum Gasteiger partial charge on any atom is -0.354 e. The Kier molecular flexibility index (Phi) is 6.05. The average molecular weight is 268 g/mol. The largest absolute Gasteiger partial charge is 0.354 e. The molecule has 0 aliphatic rings. The minimum atomic E-state index is -0.449.